The van der Waals surface area contributed by atoms with Crippen molar-refractivity contribution in [2.45, 2.75) is 23.9 Å². The smallest absolute Gasteiger partial charge is 0.196 e. The molecular formula is C17H17Cl2N4S+. The summed E-state index contributed by atoms with van der Waals surface area (Å²) in [5, 5.41) is 10.6. The van der Waals surface area contributed by atoms with Gasteiger partial charge in [0.05, 0.1) is 10.7 Å². The van der Waals surface area contributed by atoms with Gasteiger partial charge in [-0.1, -0.05) is 65.3 Å². The third kappa shape index (κ3) is 3.75. The van der Waals surface area contributed by atoms with Crippen LogP contribution in [-0.2, 0) is 5.75 Å². The van der Waals surface area contributed by atoms with Crippen molar-refractivity contribution in [3.05, 3.63) is 70.0 Å². The van der Waals surface area contributed by atoms with Crippen molar-refractivity contribution in [3.8, 4) is 5.69 Å². The second kappa shape index (κ2) is 7.57. The molecule has 0 saturated carbocycles. The molecule has 0 aliphatic heterocycles. The predicted octanol–water partition coefficient (Wildman–Crippen LogP) is 4.17. The van der Waals surface area contributed by atoms with Gasteiger partial charge in [0.15, 0.2) is 11.0 Å². The lowest BCUT2D eigenvalue weighted by molar-refractivity contribution is -0.422. The van der Waals surface area contributed by atoms with Crippen molar-refractivity contribution in [2.24, 2.45) is 0 Å². The molecule has 7 heteroatoms. The summed E-state index contributed by atoms with van der Waals surface area (Å²) in [7, 11) is 0. The van der Waals surface area contributed by atoms with Gasteiger partial charge in [0.1, 0.15) is 6.04 Å². The number of aromatic nitrogens is 3. The zero-order valence-electron chi connectivity index (χ0n) is 13.1. The fourth-order valence-electron chi connectivity index (χ4n) is 2.30. The van der Waals surface area contributed by atoms with Gasteiger partial charge in [-0.3, -0.25) is 4.57 Å². The summed E-state index contributed by atoms with van der Waals surface area (Å²) >= 11 is 14.0. The van der Waals surface area contributed by atoms with Crippen LogP contribution in [0.25, 0.3) is 5.69 Å². The first-order chi connectivity index (χ1) is 11.6. The van der Waals surface area contributed by atoms with Gasteiger partial charge >= 0.3 is 0 Å². The molecule has 24 heavy (non-hydrogen) atoms. The molecule has 0 amide bonds. The van der Waals surface area contributed by atoms with Crippen LogP contribution in [0.4, 0.5) is 0 Å². The molecule has 0 unspecified atom stereocenters. The van der Waals surface area contributed by atoms with E-state index in [0.717, 1.165) is 22.4 Å². The van der Waals surface area contributed by atoms with E-state index in [1.807, 2.05) is 41.8 Å². The highest BCUT2D eigenvalue weighted by Crippen LogP contribution is 2.31. The summed E-state index contributed by atoms with van der Waals surface area (Å²) in [6.45, 7) is 1.98. The summed E-state index contributed by atoms with van der Waals surface area (Å²) in [5.74, 6) is 1.57. The highest BCUT2D eigenvalue weighted by atomic mass is 35.5. The van der Waals surface area contributed by atoms with Crippen LogP contribution in [-0.4, -0.2) is 14.8 Å². The molecule has 3 rings (SSSR count). The highest BCUT2D eigenvalue weighted by Gasteiger charge is 2.21. The lowest BCUT2D eigenvalue weighted by Gasteiger charge is -2.12. The summed E-state index contributed by atoms with van der Waals surface area (Å²) < 4.78 is 1.96. The van der Waals surface area contributed by atoms with Crippen molar-refractivity contribution < 1.29 is 5.73 Å². The number of benzene rings is 2. The van der Waals surface area contributed by atoms with E-state index < -0.39 is 0 Å². The molecule has 0 fully saturated rings. The van der Waals surface area contributed by atoms with Gasteiger partial charge in [0.25, 0.3) is 0 Å². The van der Waals surface area contributed by atoms with Crippen molar-refractivity contribution in [1.82, 2.24) is 14.8 Å². The molecule has 0 radical (unpaired) electrons. The van der Waals surface area contributed by atoms with Gasteiger partial charge in [-0.15, -0.1) is 10.2 Å². The van der Waals surface area contributed by atoms with Crippen molar-refractivity contribution >= 4 is 35.0 Å². The first-order valence-corrected chi connectivity index (χ1v) is 9.21. The Bertz CT molecular complexity index is 834. The molecule has 0 bridgehead atoms. The highest BCUT2D eigenvalue weighted by molar-refractivity contribution is 7.98. The number of hydrogen-bond acceptors (Lipinski definition) is 3. The Kier molecular flexibility index (Phi) is 5.46. The molecule has 124 valence electrons. The number of halogens is 2. The molecular weight excluding hydrogens is 363 g/mol. The topological polar surface area (TPSA) is 58.4 Å². The van der Waals surface area contributed by atoms with Gasteiger partial charge < -0.3 is 5.73 Å². The molecule has 3 aromatic rings. The van der Waals surface area contributed by atoms with Crippen LogP contribution in [0.15, 0.2) is 53.7 Å². The third-order valence-corrected chi connectivity index (χ3v) is 5.00. The van der Waals surface area contributed by atoms with Crippen molar-refractivity contribution in [1.29, 1.82) is 0 Å². The molecule has 0 aliphatic rings. The Balaban J connectivity index is 1.98. The van der Waals surface area contributed by atoms with E-state index in [-0.39, 0.29) is 6.04 Å². The number of quaternary nitrogens is 1. The standard InChI is InChI=1S/C17H16Cl2N4S/c1-11(20)16-21-22-17(24-10-12-5-3-2-4-6-12)23(16)15-8-7-13(18)9-14(15)19/h2-9,11H,10,20H2,1H3/p+1/t11-/m1/s1. The van der Waals surface area contributed by atoms with E-state index in [2.05, 4.69) is 28.1 Å². The zero-order chi connectivity index (χ0) is 17.1. The van der Waals surface area contributed by atoms with E-state index in [0.29, 0.717) is 10.0 Å². The van der Waals surface area contributed by atoms with Crippen molar-refractivity contribution in [2.75, 3.05) is 0 Å². The van der Waals surface area contributed by atoms with Crippen LogP contribution in [0.2, 0.25) is 10.0 Å². The van der Waals surface area contributed by atoms with E-state index in [1.165, 1.54) is 5.56 Å². The van der Waals surface area contributed by atoms with Crippen LogP contribution < -0.4 is 5.73 Å². The third-order valence-electron chi connectivity index (χ3n) is 3.46. The normalized spacial score (nSPS) is 12.3. The van der Waals surface area contributed by atoms with Gasteiger partial charge in [-0.25, -0.2) is 0 Å². The maximum absolute atomic E-state index is 6.40. The molecule has 1 heterocycles. The maximum Gasteiger partial charge on any atom is 0.196 e. The molecule has 1 aromatic heterocycles. The van der Waals surface area contributed by atoms with Gasteiger partial charge in [0, 0.05) is 10.8 Å². The summed E-state index contributed by atoms with van der Waals surface area (Å²) in [6, 6.07) is 15.6. The Morgan fingerprint density at radius 1 is 1.12 bits per heavy atom. The predicted molar refractivity (Wildman–Crippen MR) is 98.7 cm³/mol. The molecule has 0 aliphatic carbocycles. The van der Waals surface area contributed by atoms with Gasteiger partial charge in [-0.05, 0) is 30.7 Å². The van der Waals surface area contributed by atoms with Gasteiger partial charge in [-0.2, -0.15) is 0 Å². The summed E-state index contributed by atoms with van der Waals surface area (Å²) in [5.41, 5.74) is 6.11. The van der Waals surface area contributed by atoms with Crippen LogP contribution >= 0.6 is 35.0 Å². The Hall–Kier alpha value is -1.53. The van der Waals surface area contributed by atoms with Crippen LogP contribution in [0.5, 0.6) is 0 Å². The summed E-state index contributed by atoms with van der Waals surface area (Å²) in [6.07, 6.45) is 0. The van der Waals surface area contributed by atoms with E-state index in [1.54, 1.807) is 17.8 Å². The lowest BCUT2D eigenvalue weighted by Crippen LogP contribution is -2.52. The van der Waals surface area contributed by atoms with E-state index >= 15 is 0 Å². The fraction of sp³-hybridized carbons (Fsp3) is 0.176. The minimum atomic E-state index is -0.0182. The fourth-order valence-corrected chi connectivity index (χ4v) is 3.71. The molecule has 1 atom stereocenters. The zero-order valence-corrected chi connectivity index (χ0v) is 15.4. The maximum atomic E-state index is 6.40. The number of rotatable bonds is 5. The first-order valence-electron chi connectivity index (χ1n) is 7.47. The quantitative estimate of drug-likeness (QED) is 0.676. The second-order valence-electron chi connectivity index (χ2n) is 5.45. The average molecular weight is 380 g/mol. The van der Waals surface area contributed by atoms with Crippen LogP contribution in [0, 0.1) is 0 Å². The SMILES string of the molecule is C[C@@H]([NH3+])c1nnc(SCc2ccccc2)n1-c1ccc(Cl)cc1Cl. The monoisotopic (exact) mass is 379 g/mol. The molecule has 0 spiro atoms. The molecule has 3 N–H and O–H groups in total. The first kappa shape index (κ1) is 17.3. The Morgan fingerprint density at radius 3 is 2.54 bits per heavy atom. The summed E-state index contributed by atoms with van der Waals surface area (Å²) in [4.78, 5) is 0. The minimum absolute atomic E-state index is 0.0182. The number of hydrogen-bond donors (Lipinski definition) is 1. The van der Waals surface area contributed by atoms with E-state index in [4.69, 9.17) is 23.2 Å². The molecule has 4 nitrogen and oxygen atoms in total. The number of thioether (sulfide) groups is 1. The molecule has 2 aromatic carbocycles. The van der Waals surface area contributed by atoms with Crippen LogP contribution in [0.3, 0.4) is 0 Å². The average Bonchev–Trinajstić information content (AvgIpc) is 2.98. The molecule has 0 saturated heterocycles. The Morgan fingerprint density at radius 2 is 1.88 bits per heavy atom. The lowest BCUT2D eigenvalue weighted by atomic mass is 10.2. The van der Waals surface area contributed by atoms with Crippen LogP contribution in [0.1, 0.15) is 24.4 Å². The Labute approximate surface area is 155 Å². The largest absolute Gasteiger partial charge is 0.349 e. The van der Waals surface area contributed by atoms with Gasteiger partial charge in [0.2, 0.25) is 0 Å². The second-order valence-corrected chi connectivity index (χ2v) is 7.23. The minimum Gasteiger partial charge on any atom is -0.349 e. The number of nitrogens with zero attached hydrogens (tertiary/aromatic N) is 3. The van der Waals surface area contributed by atoms with Crippen molar-refractivity contribution in [3.63, 3.8) is 0 Å². The van der Waals surface area contributed by atoms with E-state index in [9.17, 15) is 0 Å².